The summed E-state index contributed by atoms with van der Waals surface area (Å²) in [6, 6.07) is 0. The second kappa shape index (κ2) is 6.57. The lowest BCUT2D eigenvalue weighted by atomic mass is 10.4. The summed E-state index contributed by atoms with van der Waals surface area (Å²) in [6.45, 7) is 1.64. The van der Waals surface area contributed by atoms with Crippen molar-refractivity contribution in [2.24, 2.45) is 0 Å². The molecule has 0 aliphatic heterocycles. The quantitative estimate of drug-likeness (QED) is 0.350. The summed E-state index contributed by atoms with van der Waals surface area (Å²) >= 11 is 0. The van der Waals surface area contributed by atoms with Gasteiger partial charge in [-0.1, -0.05) is 0 Å². The average Bonchev–Trinajstić information content (AvgIpc) is 2.18. The minimum atomic E-state index is -2.82. The van der Waals surface area contributed by atoms with Crippen molar-refractivity contribution in [3.8, 4) is 0 Å². The summed E-state index contributed by atoms with van der Waals surface area (Å²) in [6.07, 6.45) is 0.953. The highest BCUT2D eigenvalue weighted by molar-refractivity contribution is 6.53. The van der Waals surface area contributed by atoms with Crippen molar-refractivity contribution in [3.05, 3.63) is 0 Å². The molecule has 5 nitrogen and oxygen atoms in total. The van der Waals surface area contributed by atoms with Gasteiger partial charge in [0, 0.05) is 34.4 Å². The molecule has 0 N–H and O–H groups in total. The topological polar surface area (TPSA) is 36.9 Å². The molecule has 6 heteroatoms. The van der Waals surface area contributed by atoms with Crippen molar-refractivity contribution in [3.63, 3.8) is 0 Å². The van der Waals surface area contributed by atoms with E-state index in [-0.39, 0.29) is 0 Å². The van der Waals surface area contributed by atoms with Gasteiger partial charge in [-0.2, -0.15) is 0 Å². The molecule has 0 aliphatic rings. The molecule has 0 radical (unpaired) electrons. The highest BCUT2D eigenvalue weighted by atomic mass is 28.4. The van der Waals surface area contributed by atoms with E-state index in [4.69, 9.17) is 17.7 Å². The smallest absolute Gasteiger partial charge is 0.355 e. The fourth-order valence-corrected chi connectivity index (χ4v) is 2.41. The van der Waals surface area contributed by atoms with Gasteiger partial charge < -0.3 is 22.2 Å². The zero-order chi connectivity index (χ0) is 11.9. The van der Waals surface area contributed by atoms with Crippen LogP contribution in [0.4, 0.5) is 0 Å². The Balaban J connectivity index is 3.82. The van der Waals surface area contributed by atoms with Crippen LogP contribution in [0.5, 0.6) is 0 Å². The molecular weight excluding hydrogens is 214 g/mol. The van der Waals surface area contributed by atoms with E-state index in [9.17, 15) is 0 Å². The van der Waals surface area contributed by atoms with Crippen molar-refractivity contribution in [2.45, 2.75) is 6.42 Å². The van der Waals surface area contributed by atoms with E-state index >= 15 is 0 Å². The van der Waals surface area contributed by atoms with Crippen LogP contribution in [-0.4, -0.2) is 69.2 Å². The molecule has 0 saturated carbocycles. The molecular formula is C9H24NO4Si+. The molecule has 0 heterocycles. The van der Waals surface area contributed by atoms with E-state index in [0.29, 0.717) is 6.61 Å². The van der Waals surface area contributed by atoms with E-state index in [1.54, 1.807) is 21.3 Å². The van der Waals surface area contributed by atoms with Crippen molar-refractivity contribution < 1.29 is 22.2 Å². The summed E-state index contributed by atoms with van der Waals surface area (Å²) in [7, 11) is 8.24. The lowest BCUT2D eigenvalue weighted by molar-refractivity contribution is -0.870. The van der Waals surface area contributed by atoms with E-state index in [1.165, 1.54) is 0 Å². The Bertz CT molecular complexity index is 160. The lowest BCUT2D eigenvalue weighted by Crippen LogP contribution is -2.47. The molecule has 15 heavy (non-hydrogen) atoms. The zero-order valence-corrected chi connectivity index (χ0v) is 11.7. The van der Waals surface area contributed by atoms with Gasteiger partial charge >= 0.3 is 9.05 Å². The molecule has 0 bridgehead atoms. The molecule has 0 fully saturated rings. The average molecular weight is 238 g/mol. The van der Waals surface area contributed by atoms with E-state index in [2.05, 4.69) is 21.1 Å². The molecule has 0 atom stereocenters. The zero-order valence-electron chi connectivity index (χ0n) is 10.7. The minimum Gasteiger partial charge on any atom is -0.355 e. The monoisotopic (exact) mass is 238 g/mol. The maximum absolute atomic E-state index is 5.53. The van der Waals surface area contributed by atoms with Crippen molar-refractivity contribution >= 4 is 9.05 Å². The molecule has 92 valence electrons. The molecule has 0 amide bonds. The van der Waals surface area contributed by atoms with Crippen LogP contribution in [0.15, 0.2) is 0 Å². The maximum atomic E-state index is 5.53. The van der Waals surface area contributed by atoms with E-state index < -0.39 is 9.05 Å². The first-order valence-corrected chi connectivity index (χ1v) is 6.62. The Labute approximate surface area is 94.0 Å². The fourth-order valence-electron chi connectivity index (χ4n) is 1.16. The molecule has 0 aliphatic carbocycles. The first-order chi connectivity index (χ1) is 6.89. The number of hydrogen-bond donors (Lipinski definition) is 0. The summed E-state index contributed by atoms with van der Waals surface area (Å²) in [4.78, 5) is 0. The van der Waals surface area contributed by atoms with E-state index in [0.717, 1.165) is 17.4 Å². The molecule has 0 aromatic carbocycles. The molecule has 0 spiro atoms. The van der Waals surface area contributed by atoms with Gasteiger partial charge in [-0.25, -0.2) is 0 Å². The van der Waals surface area contributed by atoms with Gasteiger partial charge in [0.15, 0.2) is 0 Å². The number of nitrogens with zero attached hydrogens (tertiary/aromatic N) is 1. The van der Waals surface area contributed by atoms with Gasteiger partial charge in [0.05, 0.1) is 27.7 Å². The van der Waals surface area contributed by atoms with Crippen LogP contribution < -0.4 is 0 Å². The van der Waals surface area contributed by atoms with Gasteiger partial charge in [-0.3, -0.25) is 0 Å². The van der Waals surface area contributed by atoms with Crippen LogP contribution in [0.25, 0.3) is 0 Å². The second-order valence-corrected chi connectivity index (χ2v) is 6.84. The van der Waals surface area contributed by atoms with Crippen LogP contribution in [0, 0.1) is 0 Å². The summed E-state index contributed by atoms with van der Waals surface area (Å²) in [5.41, 5.74) is 0. The Kier molecular flexibility index (Phi) is 6.57. The van der Waals surface area contributed by atoms with Crippen molar-refractivity contribution in [1.82, 2.24) is 0 Å². The molecule has 0 aromatic rings. The van der Waals surface area contributed by atoms with Gasteiger partial charge in [0.25, 0.3) is 0 Å². The van der Waals surface area contributed by atoms with Crippen LogP contribution in [0.1, 0.15) is 6.42 Å². The third-order valence-corrected chi connectivity index (χ3v) is 4.06. The highest BCUT2D eigenvalue weighted by Gasteiger charge is 2.42. The molecule has 0 rings (SSSR count). The largest absolute Gasteiger partial charge is 0.678 e. The molecule has 0 saturated heterocycles. The van der Waals surface area contributed by atoms with Crippen LogP contribution in [0.3, 0.4) is 0 Å². The Morgan fingerprint density at radius 2 is 1.40 bits per heavy atom. The van der Waals surface area contributed by atoms with Crippen LogP contribution >= 0.6 is 0 Å². The number of quaternary nitrogens is 1. The van der Waals surface area contributed by atoms with Crippen LogP contribution in [0.2, 0.25) is 0 Å². The maximum Gasteiger partial charge on any atom is 0.678 e. The van der Waals surface area contributed by atoms with Crippen molar-refractivity contribution in [2.75, 3.05) is 55.6 Å². The van der Waals surface area contributed by atoms with Gasteiger partial charge in [0.2, 0.25) is 0 Å². The first kappa shape index (κ1) is 15.0. The van der Waals surface area contributed by atoms with Crippen molar-refractivity contribution in [1.29, 1.82) is 0 Å². The second-order valence-electron chi connectivity index (χ2n) is 4.33. The predicted molar refractivity (Wildman–Crippen MR) is 60.2 cm³/mol. The molecule has 0 aromatic heterocycles. The Hall–Kier alpha value is 0.0169. The van der Waals surface area contributed by atoms with Gasteiger partial charge in [-0.05, 0) is 0 Å². The fraction of sp³-hybridized carbons (Fsp3) is 1.00. The third-order valence-electron chi connectivity index (χ3n) is 2.00. The third kappa shape index (κ3) is 6.24. The highest BCUT2D eigenvalue weighted by Crippen LogP contribution is 2.08. The minimum absolute atomic E-state index is 0.595. The lowest BCUT2D eigenvalue weighted by Gasteiger charge is -2.26. The number of hydrogen-bond acceptors (Lipinski definition) is 4. The van der Waals surface area contributed by atoms with E-state index in [1.807, 2.05) is 0 Å². The number of rotatable bonds is 8. The van der Waals surface area contributed by atoms with Crippen LogP contribution in [-0.2, 0) is 17.7 Å². The SMILES string of the molecule is CO[Si](OC)(OC)OCCC[N+](C)(C)C. The summed E-state index contributed by atoms with van der Waals surface area (Å²) in [5, 5.41) is 0. The molecule has 0 unspecified atom stereocenters. The normalized spacial score (nSPS) is 13.2. The first-order valence-electron chi connectivity index (χ1n) is 4.99. The van der Waals surface area contributed by atoms with Gasteiger partial charge in [0.1, 0.15) is 0 Å². The summed E-state index contributed by atoms with van der Waals surface area (Å²) in [5.74, 6) is 0. The van der Waals surface area contributed by atoms with Gasteiger partial charge in [-0.15, -0.1) is 0 Å². The summed E-state index contributed by atoms with van der Waals surface area (Å²) < 4.78 is 21.9. The predicted octanol–water partition coefficient (Wildman–Crippen LogP) is 0.474. The standard InChI is InChI=1S/C9H24NO4Si/c1-10(2,3)8-7-9-14-15(11-4,12-5)13-6/h7-9H2,1-6H3/q+1. The Morgan fingerprint density at radius 1 is 0.933 bits per heavy atom. The Morgan fingerprint density at radius 3 is 1.73 bits per heavy atom.